The van der Waals surface area contributed by atoms with Crippen LogP contribution < -0.4 is 0 Å². The van der Waals surface area contributed by atoms with Crippen LogP contribution in [0.3, 0.4) is 0 Å². The van der Waals surface area contributed by atoms with Crippen molar-refractivity contribution >= 4 is 17.8 Å². The minimum Gasteiger partial charge on any atom is -0.344 e. The van der Waals surface area contributed by atoms with E-state index in [0.29, 0.717) is 0 Å². The van der Waals surface area contributed by atoms with Gasteiger partial charge in [0.25, 0.3) is 0 Å². The maximum Gasteiger partial charge on any atom is 0.348 e. The topological polar surface area (TPSA) is 26.3 Å². The minimum atomic E-state index is -0.522. The van der Waals surface area contributed by atoms with E-state index in [1.54, 1.807) is 13.8 Å². The first-order valence-electron chi connectivity index (χ1n) is 2.14. The summed E-state index contributed by atoms with van der Waals surface area (Å²) in [7, 11) is 0. The van der Waals surface area contributed by atoms with Gasteiger partial charge in [-0.3, -0.25) is 0 Å². The van der Waals surface area contributed by atoms with Crippen LogP contribution in [-0.4, -0.2) is 5.97 Å². The monoisotopic (exact) mass is 134 g/mol. The summed E-state index contributed by atoms with van der Waals surface area (Å²) < 4.78 is 3.82. The van der Waals surface area contributed by atoms with Gasteiger partial charge in [-0.05, 0) is 13.8 Å². The average molecular weight is 135 g/mol. The van der Waals surface area contributed by atoms with Gasteiger partial charge >= 0.3 is 5.97 Å². The lowest BCUT2D eigenvalue weighted by atomic mass is 10.3. The molecule has 0 fully saturated rings. The zero-order valence-electron chi connectivity index (χ0n) is 4.77. The lowest BCUT2D eigenvalue weighted by Gasteiger charge is -1.85. The van der Waals surface area contributed by atoms with Gasteiger partial charge in [0.1, 0.15) is 11.9 Å². The smallest absolute Gasteiger partial charge is 0.344 e. The summed E-state index contributed by atoms with van der Waals surface area (Å²) in [5, 5.41) is 0. The fourth-order valence-electron chi connectivity index (χ4n) is 0.258. The Kier molecular flexibility index (Phi) is 3.28. The van der Waals surface area contributed by atoms with Crippen LogP contribution in [0.4, 0.5) is 0 Å². The van der Waals surface area contributed by atoms with Crippen LogP contribution in [0.5, 0.6) is 0 Å². The molecule has 0 aromatic heterocycles. The fourth-order valence-corrected chi connectivity index (χ4v) is 0.303. The standard InChI is InChI=1S/C5H7ClO2/c1-4(2)3-5(7)8-6/h3H,1-2H3. The Morgan fingerprint density at radius 2 is 2.12 bits per heavy atom. The van der Waals surface area contributed by atoms with Crippen molar-refractivity contribution in [1.29, 1.82) is 0 Å². The number of carbonyl (C=O) groups excluding carboxylic acids is 1. The summed E-state index contributed by atoms with van der Waals surface area (Å²) in [5.41, 5.74) is 0.871. The van der Waals surface area contributed by atoms with Crippen molar-refractivity contribution < 1.29 is 9.08 Å². The van der Waals surface area contributed by atoms with E-state index in [9.17, 15) is 4.79 Å². The second-order valence-electron chi connectivity index (χ2n) is 1.62. The maximum absolute atomic E-state index is 10.2. The van der Waals surface area contributed by atoms with Crippen molar-refractivity contribution in [2.45, 2.75) is 13.8 Å². The molecule has 0 aromatic rings. The van der Waals surface area contributed by atoms with Crippen molar-refractivity contribution in [2.24, 2.45) is 0 Å². The van der Waals surface area contributed by atoms with Gasteiger partial charge in [-0.15, -0.1) is 0 Å². The number of allylic oxidation sites excluding steroid dienone is 1. The minimum absolute atomic E-state index is 0.522. The third-order valence-electron chi connectivity index (χ3n) is 0.483. The maximum atomic E-state index is 10.2. The molecule has 8 heavy (non-hydrogen) atoms. The molecule has 0 aliphatic heterocycles. The van der Waals surface area contributed by atoms with Gasteiger partial charge in [-0.25, -0.2) is 4.79 Å². The summed E-state index contributed by atoms with van der Waals surface area (Å²) in [6, 6.07) is 0. The van der Waals surface area contributed by atoms with Crippen LogP contribution in [-0.2, 0) is 9.08 Å². The zero-order chi connectivity index (χ0) is 6.57. The molecule has 0 saturated heterocycles. The molecule has 0 aromatic carbocycles. The Hall–Kier alpha value is -0.500. The van der Waals surface area contributed by atoms with Crippen LogP contribution in [0.15, 0.2) is 11.6 Å². The first-order chi connectivity index (χ1) is 3.66. The molecule has 0 aliphatic rings. The first kappa shape index (κ1) is 7.50. The van der Waals surface area contributed by atoms with Gasteiger partial charge in [0.15, 0.2) is 0 Å². The Morgan fingerprint density at radius 1 is 1.62 bits per heavy atom. The summed E-state index contributed by atoms with van der Waals surface area (Å²) in [4.78, 5) is 10.2. The van der Waals surface area contributed by atoms with Crippen molar-refractivity contribution in [3.63, 3.8) is 0 Å². The second-order valence-corrected chi connectivity index (χ2v) is 1.77. The molecule has 0 unspecified atom stereocenters. The van der Waals surface area contributed by atoms with Crippen molar-refractivity contribution in [3.8, 4) is 0 Å². The number of carbonyl (C=O) groups is 1. The third kappa shape index (κ3) is 3.68. The molecule has 0 aliphatic carbocycles. The van der Waals surface area contributed by atoms with E-state index >= 15 is 0 Å². The van der Waals surface area contributed by atoms with E-state index < -0.39 is 5.97 Å². The van der Waals surface area contributed by atoms with Crippen LogP contribution in [0, 0.1) is 0 Å². The largest absolute Gasteiger partial charge is 0.348 e. The van der Waals surface area contributed by atoms with Gasteiger partial charge in [-0.1, -0.05) is 5.57 Å². The second kappa shape index (κ2) is 3.50. The molecule has 0 bridgehead atoms. The summed E-state index contributed by atoms with van der Waals surface area (Å²) in [5.74, 6) is -0.522. The highest BCUT2D eigenvalue weighted by atomic mass is 35.5. The molecule has 0 radical (unpaired) electrons. The molecule has 0 N–H and O–H groups in total. The van der Waals surface area contributed by atoms with Gasteiger partial charge in [0.2, 0.25) is 0 Å². The summed E-state index contributed by atoms with van der Waals surface area (Å²) >= 11 is 4.70. The van der Waals surface area contributed by atoms with Crippen molar-refractivity contribution in [2.75, 3.05) is 0 Å². The van der Waals surface area contributed by atoms with Gasteiger partial charge in [-0.2, -0.15) is 0 Å². The number of rotatable bonds is 1. The van der Waals surface area contributed by atoms with Gasteiger partial charge in [0.05, 0.1) is 0 Å². The average Bonchev–Trinajstić information content (AvgIpc) is 1.65. The SMILES string of the molecule is CC(C)=CC(=O)OCl. The Balaban J connectivity index is 3.70. The Labute approximate surface area is 53.3 Å². The summed E-state index contributed by atoms with van der Waals surface area (Å²) in [6.07, 6.45) is 1.31. The van der Waals surface area contributed by atoms with Crippen LogP contribution in [0.2, 0.25) is 0 Å². The third-order valence-corrected chi connectivity index (χ3v) is 0.635. The molecule has 0 saturated carbocycles. The quantitative estimate of drug-likeness (QED) is 0.510. The highest BCUT2D eigenvalue weighted by Gasteiger charge is 1.91. The number of hydrogen-bond donors (Lipinski definition) is 0. The lowest BCUT2D eigenvalue weighted by Crippen LogP contribution is -1.89. The van der Waals surface area contributed by atoms with Crippen LogP contribution in [0.1, 0.15) is 13.8 Å². The van der Waals surface area contributed by atoms with E-state index in [-0.39, 0.29) is 0 Å². The zero-order valence-corrected chi connectivity index (χ0v) is 5.53. The highest BCUT2D eigenvalue weighted by molar-refractivity contribution is 6.14. The van der Waals surface area contributed by atoms with E-state index in [2.05, 4.69) is 4.29 Å². The predicted molar refractivity (Wildman–Crippen MR) is 31.4 cm³/mol. The van der Waals surface area contributed by atoms with Crippen molar-refractivity contribution in [3.05, 3.63) is 11.6 Å². The lowest BCUT2D eigenvalue weighted by molar-refractivity contribution is -0.128. The van der Waals surface area contributed by atoms with Crippen molar-refractivity contribution in [1.82, 2.24) is 0 Å². The first-order valence-corrected chi connectivity index (χ1v) is 2.45. The van der Waals surface area contributed by atoms with Crippen LogP contribution in [0.25, 0.3) is 0 Å². The molecule has 0 rings (SSSR count). The highest BCUT2D eigenvalue weighted by Crippen LogP contribution is 1.91. The Bertz CT molecular complexity index is 114. The number of halogens is 1. The molecule has 0 amide bonds. The summed E-state index contributed by atoms with van der Waals surface area (Å²) in [6.45, 7) is 3.57. The molecule has 2 nitrogen and oxygen atoms in total. The molecular weight excluding hydrogens is 128 g/mol. The van der Waals surface area contributed by atoms with E-state index in [1.165, 1.54) is 6.08 Å². The predicted octanol–water partition coefficient (Wildman–Crippen LogP) is 1.65. The molecule has 0 spiro atoms. The molecule has 3 heteroatoms. The van der Waals surface area contributed by atoms with E-state index in [4.69, 9.17) is 11.9 Å². The Morgan fingerprint density at radius 3 is 2.25 bits per heavy atom. The van der Waals surface area contributed by atoms with Gasteiger partial charge < -0.3 is 4.29 Å². The molecule has 0 heterocycles. The molecule has 46 valence electrons. The van der Waals surface area contributed by atoms with E-state index in [1.807, 2.05) is 0 Å². The fraction of sp³-hybridized carbons (Fsp3) is 0.400. The number of hydrogen-bond acceptors (Lipinski definition) is 2. The van der Waals surface area contributed by atoms with Gasteiger partial charge in [0, 0.05) is 6.08 Å². The van der Waals surface area contributed by atoms with E-state index in [0.717, 1.165) is 5.57 Å². The normalized spacial score (nSPS) is 7.88. The molecule has 0 atom stereocenters. The molecular formula is C5H7ClO2. The van der Waals surface area contributed by atoms with Crippen LogP contribution >= 0.6 is 11.9 Å².